The lowest BCUT2D eigenvalue weighted by Gasteiger charge is -2.40. The molecule has 4 unspecified atom stereocenters. The van der Waals surface area contributed by atoms with Crippen LogP contribution in [0.5, 0.6) is 0 Å². The summed E-state index contributed by atoms with van der Waals surface area (Å²) in [4.78, 5) is 25.5. The van der Waals surface area contributed by atoms with E-state index in [0.29, 0.717) is 18.1 Å². The molecular formula is C21H30ClNO4. The number of rotatable bonds is 7. The van der Waals surface area contributed by atoms with E-state index < -0.39 is 11.6 Å². The maximum atomic E-state index is 13.3. The van der Waals surface area contributed by atoms with Crippen molar-refractivity contribution in [2.45, 2.75) is 58.1 Å². The van der Waals surface area contributed by atoms with Gasteiger partial charge in [0, 0.05) is 24.0 Å². The first-order chi connectivity index (χ1) is 12.7. The molecule has 0 aliphatic heterocycles. The Morgan fingerprint density at radius 2 is 2.07 bits per heavy atom. The largest absolute Gasteiger partial charge is 0.466 e. The SMILES string of the molecule is CCOC(=O)C1CCCC(C(N)(OC)C(=O)C(C)c2ccc(Cl)cc2C)C1. The Morgan fingerprint density at radius 3 is 2.67 bits per heavy atom. The minimum absolute atomic E-state index is 0.176. The van der Waals surface area contributed by atoms with Crippen molar-refractivity contribution < 1.29 is 19.1 Å². The minimum atomic E-state index is -1.43. The maximum absolute atomic E-state index is 13.3. The number of aryl methyl sites for hydroxylation is 1. The number of ketones is 1. The molecule has 0 heterocycles. The first kappa shape index (κ1) is 21.9. The number of benzene rings is 1. The van der Waals surface area contributed by atoms with Crippen LogP contribution in [-0.4, -0.2) is 31.2 Å². The summed E-state index contributed by atoms with van der Waals surface area (Å²) in [6.07, 6.45) is 2.83. The molecule has 0 radical (unpaired) electrons. The predicted molar refractivity (Wildman–Crippen MR) is 106 cm³/mol. The molecule has 2 N–H and O–H groups in total. The molecule has 0 amide bonds. The van der Waals surface area contributed by atoms with E-state index in [2.05, 4.69) is 0 Å². The van der Waals surface area contributed by atoms with Gasteiger partial charge in [0.25, 0.3) is 0 Å². The van der Waals surface area contributed by atoms with Gasteiger partial charge in [0.2, 0.25) is 0 Å². The summed E-state index contributed by atoms with van der Waals surface area (Å²) in [5, 5.41) is 0.631. The normalized spacial score (nSPS) is 23.3. The van der Waals surface area contributed by atoms with Gasteiger partial charge in [-0.25, -0.2) is 0 Å². The molecule has 6 heteroatoms. The van der Waals surface area contributed by atoms with Crippen LogP contribution < -0.4 is 5.73 Å². The van der Waals surface area contributed by atoms with Crippen LogP contribution in [0.2, 0.25) is 5.02 Å². The van der Waals surface area contributed by atoms with Gasteiger partial charge in [-0.3, -0.25) is 15.3 Å². The third kappa shape index (κ3) is 4.71. The molecule has 0 spiro atoms. The van der Waals surface area contributed by atoms with Gasteiger partial charge in [0.1, 0.15) is 0 Å². The van der Waals surface area contributed by atoms with Gasteiger partial charge in [-0.2, -0.15) is 0 Å². The van der Waals surface area contributed by atoms with Crippen LogP contribution in [0.1, 0.15) is 56.6 Å². The van der Waals surface area contributed by atoms with Crippen LogP contribution in [0.25, 0.3) is 0 Å². The second kappa shape index (κ2) is 9.18. The molecule has 0 aromatic heterocycles. The van der Waals surface area contributed by atoms with E-state index in [1.165, 1.54) is 7.11 Å². The average molecular weight is 396 g/mol. The second-order valence-electron chi connectivity index (χ2n) is 7.40. The quantitative estimate of drug-likeness (QED) is 0.557. The minimum Gasteiger partial charge on any atom is -0.466 e. The van der Waals surface area contributed by atoms with Crippen molar-refractivity contribution in [2.75, 3.05) is 13.7 Å². The van der Waals surface area contributed by atoms with Gasteiger partial charge >= 0.3 is 5.97 Å². The Hall–Kier alpha value is -1.43. The van der Waals surface area contributed by atoms with E-state index in [9.17, 15) is 9.59 Å². The molecule has 1 aliphatic rings. The van der Waals surface area contributed by atoms with Crippen molar-refractivity contribution in [1.29, 1.82) is 0 Å². The Bertz CT molecular complexity index is 693. The second-order valence-corrected chi connectivity index (χ2v) is 7.83. The monoisotopic (exact) mass is 395 g/mol. The smallest absolute Gasteiger partial charge is 0.308 e. The summed E-state index contributed by atoms with van der Waals surface area (Å²) in [6, 6.07) is 5.47. The fraction of sp³-hybridized carbons (Fsp3) is 0.619. The molecule has 0 saturated heterocycles. The number of halogens is 1. The third-order valence-electron chi connectivity index (χ3n) is 5.72. The van der Waals surface area contributed by atoms with E-state index in [-0.39, 0.29) is 23.6 Å². The molecule has 27 heavy (non-hydrogen) atoms. The summed E-state index contributed by atoms with van der Waals surface area (Å²) >= 11 is 6.03. The molecule has 4 atom stereocenters. The number of ether oxygens (including phenoxy) is 2. The molecule has 0 bridgehead atoms. The summed E-state index contributed by atoms with van der Waals surface area (Å²) in [7, 11) is 1.47. The lowest BCUT2D eigenvalue weighted by molar-refractivity contribution is -0.159. The topological polar surface area (TPSA) is 78.6 Å². The Kier molecular flexibility index (Phi) is 7.43. The number of hydrogen-bond donors (Lipinski definition) is 1. The van der Waals surface area contributed by atoms with Crippen molar-refractivity contribution in [1.82, 2.24) is 0 Å². The van der Waals surface area contributed by atoms with Crippen molar-refractivity contribution in [3.05, 3.63) is 34.3 Å². The summed E-state index contributed by atoms with van der Waals surface area (Å²) in [6.45, 7) is 5.91. The highest BCUT2D eigenvalue weighted by molar-refractivity contribution is 6.30. The molecule has 1 aliphatic carbocycles. The highest BCUT2D eigenvalue weighted by atomic mass is 35.5. The van der Waals surface area contributed by atoms with Gasteiger partial charge in [-0.1, -0.05) is 31.0 Å². The fourth-order valence-corrected chi connectivity index (χ4v) is 4.35. The summed E-state index contributed by atoms with van der Waals surface area (Å²) in [5.74, 6) is -1.29. The van der Waals surface area contributed by atoms with Crippen LogP contribution in [0.3, 0.4) is 0 Å². The van der Waals surface area contributed by atoms with Crippen molar-refractivity contribution in [2.24, 2.45) is 17.6 Å². The average Bonchev–Trinajstić information content (AvgIpc) is 2.66. The number of methoxy groups -OCH3 is 1. The van der Waals surface area contributed by atoms with Crippen LogP contribution >= 0.6 is 11.6 Å². The Balaban J connectivity index is 2.23. The highest BCUT2D eigenvalue weighted by Crippen LogP contribution is 2.39. The number of hydrogen-bond acceptors (Lipinski definition) is 5. The van der Waals surface area contributed by atoms with Crippen LogP contribution in [0.4, 0.5) is 0 Å². The van der Waals surface area contributed by atoms with E-state index in [1.54, 1.807) is 13.0 Å². The number of esters is 1. The van der Waals surface area contributed by atoms with Gasteiger partial charge in [0.15, 0.2) is 11.5 Å². The fourth-order valence-electron chi connectivity index (χ4n) is 4.13. The summed E-state index contributed by atoms with van der Waals surface area (Å²) < 4.78 is 10.7. The van der Waals surface area contributed by atoms with Crippen LogP contribution in [0.15, 0.2) is 18.2 Å². The molecule has 1 aromatic carbocycles. The third-order valence-corrected chi connectivity index (χ3v) is 5.95. The number of nitrogens with two attached hydrogens (primary N) is 1. The summed E-state index contributed by atoms with van der Waals surface area (Å²) in [5.41, 5.74) is 6.91. The number of carbonyl (C=O) groups excluding carboxylic acids is 2. The van der Waals surface area contributed by atoms with E-state index in [0.717, 1.165) is 30.4 Å². The lowest BCUT2D eigenvalue weighted by atomic mass is 9.72. The lowest BCUT2D eigenvalue weighted by Crippen LogP contribution is -2.58. The molecule has 1 fully saturated rings. The first-order valence-corrected chi connectivity index (χ1v) is 9.93. The number of Topliss-reactive ketones (excluding diaryl/α,β-unsaturated/α-hetero) is 1. The van der Waals surface area contributed by atoms with Gasteiger partial charge in [-0.05, 0) is 56.4 Å². The van der Waals surface area contributed by atoms with Gasteiger partial charge in [0.05, 0.1) is 12.5 Å². The van der Waals surface area contributed by atoms with Crippen LogP contribution in [-0.2, 0) is 19.1 Å². The molecule has 1 saturated carbocycles. The molecule has 1 aromatic rings. The van der Waals surface area contributed by atoms with Crippen molar-refractivity contribution in [3.63, 3.8) is 0 Å². The zero-order valence-electron chi connectivity index (χ0n) is 16.6. The zero-order valence-corrected chi connectivity index (χ0v) is 17.3. The van der Waals surface area contributed by atoms with Gasteiger partial charge < -0.3 is 9.47 Å². The predicted octanol–water partition coefficient (Wildman–Crippen LogP) is 3.99. The molecule has 150 valence electrons. The van der Waals surface area contributed by atoms with Crippen molar-refractivity contribution in [3.8, 4) is 0 Å². The van der Waals surface area contributed by atoms with Gasteiger partial charge in [-0.15, -0.1) is 0 Å². The van der Waals surface area contributed by atoms with Crippen molar-refractivity contribution >= 4 is 23.4 Å². The first-order valence-electron chi connectivity index (χ1n) is 9.55. The maximum Gasteiger partial charge on any atom is 0.308 e. The van der Waals surface area contributed by atoms with E-state index >= 15 is 0 Å². The molecular weight excluding hydrogens is 366 g/mol. The molecule has 2 rings (SSSR count). The van der Waals surface area contributed by atoms with Crippen LogP contribution in [0, 0.1) is 18.8 Å². The highest BCUT2D eigenvalue weighted by Gasteiger charge is 2.47. The Morgan fingerprint density at radius 1 is 1.37 bits per heavy atom. The zero-order chi connectivity index (χ0) is 20.2. The standard InChI is InChI=1S/C21H30ClNO4/c1-5-27-20(25)15-7-6-8-16(12-15)21(23,26-4)19(24)14(3)18-10-9-17(22)11-13(18)2/h9-11,14-16H,5-8,12,23H2,1-4H3. The number of carbonyl (C=O) groups is 2. The van der Waals surface area contributed by atoms with E-state index in [1.807, 2.05) is 26.0 Å². The van der Waals surface area contributed by atoms with E-state index in [4.69, 9.17) is 26.8 Å². The molecule has 5 nitrogen and oxygen atoms in total. The Labute approximate surface area is 166 Å².